The Balaban J connectivity index is 2.39. The summed E-state index contributed by atoms with van der Waals surface area (Å²) in [6, 6.07) is 4.61. The average Bonchev–Trinajstić information content (AvgIpc) is 2.34. The van der Waals surface area contributed by atoms with Gasteiger partial charge in [-0.15, -0.1) is 0 Å². The summed E-state index contributed by atoms with van der Waals surface area (Å²) in [5.74, 6) is -2.18. The number of aromatic nitrogens is 2. The standard InChI is InChI=1S/C11H6BrFN2O2S/c12-7-2-1-4-14-9(7)18-10-8(13)6(11(16)17)3-5-15-10/h1-5H,(H,16,17). The van der Waals surface area contributed by atoms with Crippen molar-refractivity contribution >= 4 is 33.7 Å². The molecule has 18 heavy (non-hydrogen) atoms. The second kappa shape index (κ2) is 5.45. The van der Waals surface area contributed by atoms with Crippen molar-refractivity contribution in [3.05, 3.63) is 46.4 Å². The molecule has 2 aromatic rings. The van der Waals surface area contributed by atoms with Gasteiger partial charge >= 0.3 is 5.97 Å². The maximum Gasteiger partial charge on any atom is 0.338 e. The average molecular weight is 329 g/mol. The smallest absolute Gasteiger partial charge is 0.338 e. The largest absolute Gasteiger partial charge is 0.478 e. The summed E-state index contributed by atoms with van der Waals surface area (Å²) in [6.45, 7) is 0. The second-order valence-corrected chi connectivity index (χ2v) is 5.01. The Morgan fingerprint density at radius 1 is 1.28 bits per heavy atom. The van der Waals surface area contributed by atoms with Gasteiger partial charge < -0.3 is 5.11 Å². The first-order valence-electron chi connectivity index (χ1n) is 4.75. The Kier molecular flexibility index (Phi) is 3.93. The molecule has 0 aliphatic heterocycles. The molecule has 7 heteroatoms. The molecule has 0 fully saturated rings. The van der Waals surface area contributed by atoms with Gasteiger partial charge in [0.1, 0.15) is 10.1 Å². The van der Waals surface area contributed by atoms with E-state index in [1.807, 2.05) is 0 Å². The maximum absolute atomic E-state index is 13.8. The quantitative estimate of drug-likeness (QED) is 0.937. The van der Waals surface area contributed by atoms with Gasteiger partial charge in [0.25, 0.3) is 0 Å². The van der Waals surface area contributed by atoms with Crippen molar-refractivity contribution in [2.75, 3.05) is 0 Å². The number of rotatable bonds is 3. The van der Waals surface area contributed by atoms with Gasteiger partial charge in [0.05, 0.1) is 10.0 Å². The van der Waals surface area contributed by atoms with Gasteiger partial charge in [0.2, 0.25) is 0 Å². The van der Waals surface area contributed by atoms with Gasteiger partial charge in [-0.1, -0.05) is 0 Å². The Morgan fingerprint density at radius 2 is 2.00 bits per heavy atom. The van der Waals surface area contributed by atoms with Gasteiger partial charge in [-0.2, -0.15) is 0 Å². The minimum Gasteiger partial charge on any atom is -0.478 e. The van der Waals surface area contributed by atoms with Gasteiger partial charge in [-0.3, -0.25) is 0 Å². The molecule has 2 aromatic heterocycles. The van der Waals surface area contributed by atoms with Crippen LogP contribution in [0.2, 0.25) is 0 Å². The molecule has 4 nitrogen and oxygen atoms in total. The Labute approximate surface area is 114 Å². The lowest BCUT2D eigenvalue weighted by molar-refractivity contribution is 0.0691. The first kappa shape index (κ1) is 13.0. The summed E-state index contributed by atoms with van der Waals surface area (Å²) in [7, 11) is 0. The fourth-order valence-electron chi connectivity index (χ4n) is 1.20. The molecule has 0 aliphatic rings. The number of hydrogen-bond donors (Lipinski definition) is 1. The van der Waals surface area contributed by atoms with Crippen molar-refractivity contribution in [3.63, 3.8) is 0 Å². The van der Waals surface area contributed by atoms with Crippen molar-refractivity contribution in [1.29, 1.82) is 0 Å². The number of aromatic carboxylic acids is 1. The number of nitrogens with zero attached hydrogens (tertiary/aromatic N) is 2. The fourth-order valence-corrected chi connectivity index (χ4v) is 2.47. The third kappa shape index (κ3) is 2.68. The Bertz CT molecular complexity index is 609. The molecule has 0 radical (unpaired) electrons. The van der Waals surface area contributed by atoms with Crippen LogP contribution in [0.5, 0.6) is 0 Å². The van der Waals surface area contributed by atoms with Gasteiger partial charge in [-0.25, -0.2) is 19.2 Å². The van der Waals surface area contributed by atoms with E-state index in [9.17, 15) is 9.18 Å². The summed E-state index contributed by atoms with van der Waals surface area (Å²) < 4.78 is 14.5. The maximum atomic E-state index is 13.8. The Hall–Kier alpha value is -1.47. The molecule has 2 heterocycles. The monoisotopic (exact) mass is 328 g/mol. The second-order valence-electron chi connectivity index (χ2n) is 3.18. The lowest BCUT2D eigenvalue weighted by Crippen LogP contribution is -2.02. The number of pyridine rings is 2. The van der Waals surface area contributed by atoms with Crippen LogP contribution in [0.3, 0.4) is 0 Å². The van der Waals surface area contributed by atoms with Crippen LogP contribution in [0.25, 0.3) is 0 Å². The summed E-state index contributed by atoms with van der Waals surface area (Å²) >= 11 is 4.24. The third-order valence-corrected chi connectivity index (χ3v) is 3.90. The van der Waals surface area contributed by atoms with Crippen LogP contribution in [0.4, 0.5) is 4.39 Å². The number of carbonyl (C=O) groups is 1. The van der Waals surface area contributed by atoms with Crippen LogP contribution in [0, 0.1) is 5.82 Å². The molecule has 0 saturated heterocycles. The molecular formula is C11H6BrFN2O2S. The van der Waals surface area contributed by atoms with E-state index in [1.165, 1.54) is 6.20 Å². The minimum atomic E-state index is -1.32. The van der Waals surface area contributed by atoms with E-state index in [-0.39, 0.29) is 5.03 Å². The van der Waals surface area contributed by atoms with Gasteiger partial charge in [0, 0.05) is 12.4 Å². The summed E-state index contributed by atoms with van der Waals surface area (Å²) in [5, 5.41) is 9.31. The SMILES string of the molecule is O=C(O)c1ccnc(Sc2ncccc2Br)c1F. The molecule has 0 amide bonds. The van der Waals surface area contributed by atoms with Crippen LogP contribution in [0.15, 0.2) is 45.1 Å². The Morgan fingerprint density at radius 3 is 2.67 bits per heavy atom. The summed E-state index contributed by atoms with van der Waals surface area (Å²) in [6.07, 6.45) is 2.82. The highest BCUT2D eigenvalue weighted by atomic mass is 79.9. The van der Waals surface area contributed by atoms with Gasteiger partial charge in [0.15, 0.2) is 5.82 Å². The fraction of sp³-hybridized carbons (Fsp3) is 0. The van der Waals surface area contributed by atoms with E-state index in [1.54, 1.807) is 18.3 Å². The highest BCUT2D eigenvalue weighted by Gasteiger charge is 2.17. The van der Waals surface area contributed by atoms with Crippen LogP contribution in [-0.2, 0) is 0 Å². The van der Waals surface area contributed by atoms with E-state index in [0.717, 1.165) is 17.8 Å². The number of hydrogen-bond acceptors (Lipinski definition) is 4. The van der Waals surface area contributed by atoms with Crippen molar-refractivity contribution < 1.29 is 14.3 Å². The van der Waals surface area contributed by atoms with Crippen molar-refractivity contribution in [2.24, 2.45) is 0 Å². The van der Waals surface area contributed by atoms with Crippen LogP contribution in [-0.4, -0.2) is 21.0 Å². The van der Waals surface area contributed by atoms with E-state index in [4.69, 9.17) is 5.11 Å². The zero-order valence-corrected chi connectivity index (χ0v) is 11.2. The number of halogens is 2. The van der Waals surface area contributed by atoms with Crippen molar-refractivity contribution in [1.82, 2.24) is 9.97 Å². The molecule has 2 rings (SSSR count). The van der Waals surface area contributed by atoms with E-state index in [2.05, 4.69) is 25.9 Å². The number of carboxylic acid groups (broad SMARTS) is 1. The first-order chi connectivity index (χ1) is 8.59. The topological polar surface area (TPSA) is 63.1 Å². The third-order valence-electron chi connectivity index (χ3n) is 2.01. The lowest BCUT2D eigenvalue weighted by atomic mass is 10.3. The summed E-state index contributed by atoms with van der Waals surface area (Å²) in [5.41, 5.74) is -0.403. The molecule has 0 spiro atoms. The van der Waals surface area contributed by atoms with E-state index >= 15 is 0 Å². The van der Waals surface area contributed by atoms with E-state index in [0.29, 0.717) is 9.50 Å². The number of carboxylic acids is 1. The van der Waals surface area contributed by atoms with Crippen LogP contribution >= 0.6 is 27.7 Å². The molecule has 0 atom stereocenters. The zero-order valence-electron chi connectivity index (χ0n) is 8.80. The molecular weight excluding hydrogens is 323 g/mol. The predicted molar refractivity (Wildman–Crippen MR) is 67.2 cm³/mol. The summed E-state index contributed by atoms with van der Waals surface area (Å²) in [4.78, 5) is 18.7. The first-order valence-corrected chi connectivity index (χ1v) is 6.36. The minimum absolute atomic E-state index is 0.0192. The highest BCUT2D eigenvalue weighted by Crippen LogP contribution is 2.32. The normalized spacial score (nSPS) is 10.3. The zero-order chi connectivity index (χ0) is 13.1. The lowest BCUT2D eigenvalue weighted by Gasteiger charge is -2.04. The molecule has 0 saturated carbocycles. The molecule has 0 unspecified atom stereocenters. The van der Waals surface area contributed by atoms with Gasteiger partial charge in [-0.05, 0) is 45.9 Å². The van der Waals surface area contributed by atoms with Crippen LogP contribution in [0.1, 0.15) is 10.4 Å². The molecule has 0 bridgehead atoms. The van der Waals surface area contributed by atoms with Crippen molar-refractivity contribution in [3.8, 4) is 0 Å². The highest BCUT2D eigenvalue weighted by molar-refractivity contribution is 9.10. The van der Waals surface area contributed by atoms with E-state index < -0.39 is 17.3 Å². The molecule has 1 N–H and O–H groups in total. The van der Waals surface area contributed by atoms with Crippen molar-refractivity contribution in [2.45, 2.75) is 10.1 Å². The predicted octanol–water partition coefficient (Wildman–Crippen LogP) is 3.23. The molecule has 92 valence electrons. The molecule has 0 aliphatic carbocycles. The van der Waals surface area contributed by atoms with Crippen LogP contribution < -0.4 is 0 Å². The molecule has 0 aromatic carbocycles.